The summed E-state index contributed by atoms with van der Waals surface area (Å²) in [6.07, 6.45) is -0.319. The van der Waals surface area contributed by atoms with Crippen LogP contribution in [0.5, 0.6) is 0 Å². The van der Waals surface area contributed by atoms with Gasteiger partial charge in [0.15, 0.2) is 0 Å². The molecule has 0 amide bonds. The molecule has 20 heavy (non-hydrogen) atoms. The van der Waals surface area contributed by atoms with Crippen molar-refractivity contribution in [3.8, 4) is 6.07 Å². The van der Waals surface area contributed by atoms with Crippen LogP contribution in [0.1, 0.15) is 18.1 Å². The number of halogens is 4. The number of nitriles is 1. The molecule has 0 aromatic heterocycles. The molecule has 0 aliphatic heterocycles. The molecule has 8 heteroatoms. The Labute approximate surface area is 126 Å². The Morgan fingerprint density at radius 1 is 1.50 bits per heavy atom. The second-order valence-corrected chi connectivity index (χ2v) is 5.52. The van der Waals surface area contributed by atoms with Gasteiger partial charge in [-0.1, -0.05) is 0 Å². The fraction of sp³-hybridized carbons (Fsp3) is 0.333. The Morgan fingerprint density at radius 2 is 2.15 bits per heavy atom. The quantitative estimate of drug-likeness (QED) is 0.595. The van der Waals surface area contributed by atoms with E-state index in [-0.39, 0.29) is 45.3 Å². The van der Waals surface area contributed by atoms with E-state index < -0.39 is 11.5 Å². The maximum atomic E-state index is 12.5. The predicted octanol–water partition coefficient (Wildman–Crippen LogP) is 4.04. The van der Waals surface area contributed by atoms with Gasteiger partial charge in [0, 0.05) is 9.37 Å². The Kier molecular flexibility index (Phi) is 5.89. The second-order valence-electron chi connectivity index (χ2n) is 3.59. The van der Waals surface area contributed by atoms with Crippen LogP contribution in [0.2, 0.25) is 0 Å². The number of rotatable bonds is 4. The number of hydrogen-bond donors (Lipinski definition) is 0. The van der Waals surface area contributed by atoms with E-state index in [9.17, 15) is 18.0 Å². The largest absolute Gasteiger partial charge is 0.466 e. The van der Waals surface area contributed by atoms with Crippen molar-refractivity contribution in [3.63, 3.8) is 0 Å². The minimum atomic E-state index is -4.49. The summed E-state index contributed by atoms with van der Waals surface area (Å²) in [5.74, 6) is -0.640. The van der Waals surface area contributed by atoms with Crippen molar-refractivity contribution in [2.45, 2.75) is 23.7 Å². The lowest BCUT2D eigenvalue weighted by Crippen LogP contribution is -2.10. The standard InChI is InChI=1S/C12H9BrF3NO2S/c1-2-19-10(18)5-8-3-7(6-17)4-9(13)11(8)20-12(14,15)16/h3-4H,2,5H2,1H3. The van der Waals surface area contributed by atoms with E-state index in [1.807, 2.05) is 6.07 Å². The summed E-state index contributed by atoms with van der Waals surface area (Å²) >= 11 is 2.67. The summed E-state index contributed by atoms with van der Waals surface area (Å²) in [6.45, 7) is 1.74. The van der Waals surface area contributed by atoms with Gasteiger partial charge < -0.3 is 4.74 Å². The zero-order valence-corrected chi connectivity index (χ0v) is 12.7. The van der Waals surface area contributed by atoms with E-state index in [1.165, 1.54) is 12.1 Å². The highest BCUT2D eigenvalue weighted by molar-refractivity contribution is 9.10. The summed E-state index contributed by atoms with van der Waals surface area (Å²) in [5, 5.41) is 8.83. The van der Waals surface area contributed by atoms with Crippen LogP contribution in [0.25, 0.3) is 0 Å². The minimum absolute atomic E-state index is 0.108. The van der Waals surface area contributed by atoms with E-state index in [0.29, 0.717) is 0 Å². The summed E-state index contributed by atoms with van der Waals surface area (Å²) in [5.41, 5.74) is -4.21. The molecule has 0 spiro atoms. The molecule has 0 aliphatic carbocycles. The molecule has 0 radical (unpaired) electrons. The highest BCUT2D eigenvalue weighted by atomic mass is 79.9. The first-order valence-corrected chi connectivity index (χ1v) is 7.01. The van der Waals surface area contributed by atoms with Crippen LogP contribution in [0.3, 0.4) is 0 Å². The Morgan fingerprint density at radius 3 is 2.65 bits per heavy atom. The van der Waals surface area contributed by atoms with Gasteiger partial charge in [-0.05, 0) is 52.3 Å². The lowest BCUT2D eigenvalue weighted by Gasteiger charge is -2.13. The zero-order valence-electron chi connectivity index (χ0n) is 10.3. The molecule has 0 saturated carbocycles. The maximum Gasteiger partial charge on any atom is 0.446 e. The number of esters is 1. The molecule has 1 aromatic rings. The number of nitrogens with zero attached hydrogens (tertiary/aromatic N) is 1. The molecule has 0 unspecified atom stereocenters. The van der Waals surface area contributed by atoms with Crippen LogP contribution in [0, 0.1) is 11.3 Å². The van der Waals surface area contributed by atoms with E-state index in [2.05, 4.69) is 15.9 Å². The molecular formula is C12H9BrF3NO2S. The topological polar surface area (TPSA) is 50.1 Å². The molecule has 0 heterocycles. The number of benzene rings is 1. The SMILES string of the molecule is CCOC(=O)Cc1cc(C#N)cc(Br)c1SC(F)(F)F. The Bertz CT molecular complexity index is 555. The monoisotopic (exact) mass is 367 g/mol. The number of ether oxygens (including phenoxy) is 1. The highest BCUT2D eigenvalue weighted by Crippen LogP contribution is 2.42. The third-order valence-corrected chi connectivity index (χ3v) is 3.91. The van der Waals surface area contributed by atoms with Crippen LogP contribution >= 0.6 is 27.7 Å². The smallest absolute Gasteiger partial charge is 0.446 e. The molecule has 108 valence electrons. The molecule has 0 bridgehead atoms. The molecule has 0 fully saturated rings. The summed E-state index contributed by atoms with van der Waals surface area (Å²) in [6, 6.07) is 4.37. The van der Waals surface area contributed by atoms with Gasteiger partial charge in [0.25, 0.3) is 0 Å². The fourth-order valence-corrected chi connectivity index (χ4v) is 2.84. The first kappa shape index (κ1) is 16.9. The van der Waals surface area contributed by atoms with Crippen molar-refractivity contribution < 1.29 is 22.7 Å². The molecule has 0 atom stereocenters. The molecular weight excluding hydrogens is 359 g/mol. The fourth-order valence-electron chi connectivity index (χ4n) is 1.44. The van der Waals surface area contributed by atoms with Gasteiger partial charge in [0.05, 0.1) is 24.7 Å². The lowest BCUT2D eigenvalue weighted by molar-refractivity contribution is -0.142. The average molecular weight is 368 g/mol. The number of carbonyl (C=O) groups is 1. The average Bonchev–Trinajstić information content (AvgIpc) is 2.32. The number of alkyl halides is 3. The molecule has 1 rings (SSSR count). The van der Waals surface area contributed by atoms with Gasteiger partial charge in [0.2, 0.25) is 0 Å². The molecule has 0 aliphatic rings. The van der Waals surface area contributed by atoms with Gasteiger partial charge in [-0.3, -0.25) is 4.79 Å². The molecule has 1 aromatic carbocycles. The van der Waals surface area contributed by atoms with E-state index >= 15 is 0 Å². The first-order chi connectivity index (χ1) is 9.26. The van der Waals surface area contributed by atoms with Gasteiger partial charge in [0.1, 0.15) is 0 Å². The highest BCUT2D eigenvalue weighted by Gasteiger charge is 2.32. The van der Waals surface area contributed by atoms with Gasteiger partial charge >= 0.3 is 11.5 Å². The maximum absolute atomic E-state index is 12.5. The lowest BCUT2D eigenvalue weighted by atomic mass is 10.1. The number of thioether (sulfide) groups is 1. The van der Waals surface area contributed by atoms with Gasteiger partial charge in [-0.25, -0.2) is 0 Å². The molecule has 3 nitrogen and oxygen atoms in total. The normalized spacial score (nSPS) is 11.0. The Balaban J connectivity index is 3.19. The molecule has 0 saturated heterocycles. The third-order valence-electron chi connectivity index (χ3n) is 2.11. The summed E-state index contributed by atoms with van der Waals surface area (Å²) in [7, 11) is 0. The van der Waals surface area contributed by atoms with E-state index in [0.717, 1.165) is 0 Å². The summed E-state index contributed by atoms with van der Waals surface area (Å²) < 4.78 is 42.4. The second kappa shape index (κ2) is 6.99. The van der Waals surface area contributed by atoms with Crippen molar-refractivity contribution >= 4 is 33.7 Å². The first-order valence-electron chi connectivity index (χ1n) is 5.40. The van der Waals surface area contributed by atoms with Crippen molar-refractivity contribution in [2.24, 2.45) is 0 Å². The zero-order chi connectivity index (χ0) is 15.3. The Hall–Kier alpha value is -1.20. The van der Waals surface area contributed by atoms with Gasteiger partial charge in [-0.15, -0.1) is 0 Å². The molecule has 0 N–H and O–H groups in total. The van der Waals surface area contributed by atoms with Crippen molar-refractivity contribution in [2.75, 3.05) is 6.61 Å². The van der Waals surface area contributed by atoms with Crippen LogP contribution in [0.15, 0.2) is 21.5 Å². The van der Waals surface area contributed by atoms with Crippen LogP contribution in [0.4, 0.5) is 13.2 Å². The van der Waals surface area contributed by atoms with E-state index in [1.54, 1.807) is 6.92 Å². The van der Waals surface area contributed by atoms with E-state index in [4.69, 9.17) is 10.00 Å². The summed E-state index contributed by atoms with van der Waals surface area (Å²) in [4.78, 5) is 11.3. The van der Waals surface area contributed by atoms with Crippen molar-refractivity contribution in [1.29, 1.82) is 5.26 Å². The predicted molar refractivity (Wildman–Crippen MR) is 71.1 cm³/mol. The third kappa shape index (κ3) is 5.06. The number of carbonyl (C=O) groups excluding carboxylic acids is 1. The van der Waals surface area contributed by atoms with Crippen LogP contribution in [-0.4, -0.2) is 18.1 Å². The number of hydrogen-bond acceptors (Lipinski definition) is 4. The van der Waals surface area contributed by atoms with Crippen molar-refractivity contribution in [3.05, 3.63) is 27.7 Å². The van der Waals surface area contributed by atoms with Gasteiger partial charge in [-0.2, -0.15) is 18.4 Å². The van der Waals surface area contributed by atoms with Crippen molar-refractivity contribution in [1.82, 2.24) is 0 Å². The minimum Gasteiger partial charge on any atom is -0.466 e. The van der Waals surface area contributed by atoms with Crippen LogP contribution < -0.4 is 0 Å². The van der Waals surface area contributed by atoms with Crippen LogP contribution in [-0.2, 0) is 16.0 Å².